The first-order valence-electron chi connectivity index (χ1n) is 11.8. The number of amides is 2. The van der Waals surface area contributed by atoms with E-state index < -0.39 is 11.5 Å². The zero-order valence-electron chi connectivity index (χ0n) is 21.8. The average Bonchev–Trinajstić information content (AvgIpc) is 2.69. The summed E-state index contributed by atoms with van der Waals surface area (Å²) in [7, 11) is 3.70. The number of nitrogens with one attached hydrogen (secondary N) is 1. The van der Waals surface area contributed by atoms with Crippen molar-refractivity contribution in [2.75, 3.05) is 27.2 Å². The van der Waals surface area contributed by atoms with E-state index >= 15 is 0 Å². The number of hydrogen-bond acceptors (Lipinski definition) is 5. The molecule has 0 aromatic carbocycles. The van der Waals surface area contributed by atoms with Gasteiger partial charge >= 0.3 is 5.97 Å². The van der Waals surface area contributed by atoms with Crippen molar-refractivity contribution in [1.82, 2.24) is 15.1 Å². The first kappa shape index (κ1) is 28.1. The summed E-state index contributed by atoms with van der Waals surface area (Å²) in [5.74, 6) is -0.0807. The molecular weight excluding hydrogens is 406 g/mol. The van der Waals surface area contributed by atoms with Crippen molar-refractivity contribution in [2.24, 2.45) is 17.3 Å². The van der Waals surface area contributed by atoms with E-state index in [1.54, 1.807) is 31.9 Å². The van der Waals surface area contributed by atoms with Gasteiger partial charge in [-0.3, -0.25) is 14.5 Å². The lowest BCUT2D eigenvalue weighted by Crippen LogP contribution is -2.60. The molecule has 0 saturated carbocycles. The summed E-state index contributed by atoms with van der Waals surface area (Å²) in [6.45, 7) is 16.7. The topological polar surface area (TPSA) is 79.0 Å². The molecule has 0 aromatic rings. The van der Waals surface area contributed by atoms with Crippen LogP contribution in [0.25, 0.3) is 0 Å². The Kier molecular flexibility index (Phi) is 10.4. The summed E-state index contributed by atoms with van der Waals surface area (Å²) in [5, 5.41) is 3.06. The number of nitrogens with zero attached hydrogens (tertiary/aromatic N) is 2. The lowest BCUT2D eigenvalue weighted by molar-refractivity contribution is -0.142. The van der Waals surface area contributed by atoms with Crippen LogP contribution in [0.1, 0.15) is 68.2 Å². The van der Waals surface area contributed by atoms with Crippen molar-refractivity contribution in [3.05, 3.63) is 11.6 Å². The highest BCUT2D eigenvalue weighted by atomic mass is 16.5. The predicted molar refractivity (Wildman–Crippen MR) is 128 cm³/mol. The van der Waals surface area contributed by atoms with E-state index in [1.807, 2.05) is 41.7 Å². The van der Waals surface area contributed by atoms with Crippen LogP contribution in [0.3, 0.4) is 0 Å². The maximum absolute atomic E-state index is 13.6. The molecule has 7 heteroatoms. The van der Waals surface area contributed by atoms with Crippen LogP contribution in [-0.2, 0) is 19.1 Å². The zero-order chi connectivity index (χ0) is 24.8. The predicted octanol–water partition coefficient (Wildman–Crippen LogP) is 3.24. The molecule has 1 heterocycles. The highest BCUT2D eigenvalue weighted by Gasteiger charge is 2.39. The SMILES string of the molecule is CCOC(=O)/C(C)=C/[C@H](C(C)C)N(C)C(=O)C(NC(=O)[C@H]1C[C@@H](C)CCN1C)C(C)(C)C. The molecule has 1 fully saturated rings. The lowest BCUT2D eigenvalue weighted by Gasteiger charge is -2.40. The standard InChI is InChI=1S/C25H45N3O4/c1-11-32-24(31)18(5)15-19(16(2)3)28(10)23(30)21(25(6,7)8)26-22(29)20-14-17(4)12-13-27(20)9/h15-17,19-21H,11-14H2,1-10H3,(H,26,29)/b18-15+/t17-,19+,20+,21?/m0/s1. The van der Waals surface area contributed by atoms with Crippen LogP contribution in [0.2, 0.25) is 0 Å². The van der Waals surface area contributed by atoms with Crippen LogP contribution in [0.5, 0.6) is 0 Å². The number of rotatable bonds is 8. The second kappa shape index (κ2) is 11.8. The van der Waals surface area contributed by atoms with Gasteiger partial charge in [0.2, 0.25) is 11.8 Å². The molecule has 32 heavy (non-hydrogen) atoms. The van der Waals surface area contributed by atoms with Gasteiger partial charge in [-0.15, -0.1) is 0 Å². The average molecular weight is 452 g/mol. The first-order chi connectivity index (χ1) is 14.7. The number of carbonyl (C=O) groups is 3. The number of hydrogen-bond donors (Lipinski definition) is 1. The van der Waals surface area contributed by atoms with Crippen LogP contribution in [-0.4, -0.2) is 73.0 Å². The number of piperidine rings is 1. The third kappa shape index (κ3) is 7.61. The Bertz CT molecular complexity index is 696. The second-order valence-electron chi connectivity index (χ2n) is 10.7. The molecule has 1 aliphatic heterocycles. The highest BCUT2D eigenvalue weighted by molar-refractivity contribution is 5.91. The molecule has 184 valence electrons. The molecule has 1 unspecified atom stereocenters. The van der Waals surface area contributed by atoms with Gasteiger partial charge in [0.1, 0.15) is 6.04 Å². The molecule has 1 saturated heterocycles. The van der Waals surface area contributed by atoms with Gasteiger partial charge in [0, 0.05) is 12.6 Å². The monoisotopic (exact) mass is 451 g/mol. The fourth-order valence-corrected chi connectivity index (χ4v) is 4.12. The quantitative estimate of drug-likeness (QED) is 0.453. The fourth-order valence-electron chi connectivity index (χ4n) is 4.12. The van der Waals surface area contributed by atoms with E-state index in [9.17, 15) is 14.4 Å². The fraction of sp³-hybridized carbons (Fsp3) is 0.800. The summed E-state index contributed by atoms with van der Waals surface area (Å²) in [6.07, 6.45) is 3.66. The molecule has 0 radical (unpaired) electrons. The van der Waals surface area contributed by atoms with Crippen LogP contribution in [0, 0.1) is 17.3 Å². The molecule has 1 aliphatic rings. The Hall–Kier alpha value is -1.89. The molecule has 1 N–H and O–H groups in total. The van der Waals surface area contributed by atoms with Gasteiger partial charge in [0.25, 0.3) is 0 Å². The van der Waals surface area contributed by atoms with Gasteiger partial charge in [-0.25, -0.2) is 4.79 Å². The molecule has 0 bridgehead atoms. The Morgan fingerprint density at radius 3 is 2.34 bits per heavy atom. The minimum atomic E-state index is -0.678. The van der Waals surface area contributed by atoms with E-state index in [4.69, 9.17) is 4.74 Å². The number of carbonyl (C=O) groups excluding carboxylic acids is 3. The van der Waals surface area contributed by atoms with Gasteiger partial charge in [-0.05, 0) is 57.5 Å². The summed E-state index contributed by atoms with van der Waals surface area (Å²) in [5.41, 5.74) is 0.000687. The largest absolute Gasteiger partial charge is 0.463 e. The summed E-state index contributed by atoms with van der Waals surface area (Å²) in [6, 6.07) is -1.21. The first-order valence-corrected chi connectivity index (χ1v) is 11.8. The smallest absolute Gasteiger partial charge is 0.333 e. The summed E-state index contributed by atoms with van der Waals surface area (Å²) in [4.78, 5) is 42.6. The van der Waals surface area contributed by atoms with Crippen molar-refractivity contribution >= 4 is 17.8 Å². The highest BCUT2D eigenvalue weighted by Crippen LogP contribution is 2.26. The van der Waals surface area contributed by atoms with E-state index in [-0.39, 0.29) is 35.8 Å². The van der Waals surface area contributed by atoms with Crippen molar-refractivity contribution in [3.63, 3.8) is 0 Å². The van der Waals surface area contributed by atoms with Crippen molar-refractivity contribution in [3.8, 4) is 0 Å². The van der Waals surface area contributed by atoms with Crippen LogP contribution in [0.15, 0.2) is 11.6 Å². The van der Waals surface area contributed by atoms with Gasteiger partial charge in [0.05, 0.1) is 18.7 Å². The molecule has 4 atom stereocenters. The van der Waals surface area contributed by atoms with Gasteiger partial charge in [-0.2, -0.15) is 0 Å². The molecule has 7 nitrogen and oxygen atoms in total. The van der Waals surface area contributed by atoms with Crippen LogP contribution in [0.4, 0.5) is 0 Å². The Morgan fingerprint density at radius 1 is 1.25 bits per heavy atom. The minimum Gasteiger partial charge on any atom is -0.463 e. The Morgan fingerprint density at radius 2 is 1.84 bits per heavy atom. The zero-order valence-corrected chi connectivity index (χ0v) is 21.8. The summed E-state index contributed by atoms with van der Waals surface area (Å²) >= 11 is 0. The van der Waals surface area contributed by atoms with Gasteiger partial charge < -0.3 is 15.0 Å². The minimum absolute atomic E-state index is 0.0787. The Labute approximate surface area is 194 Å². The number of likely N-dealkylation sites (N-methyl/N-ethyl adjacent to an activating group) is 2. The third-order valence-electron chi connectivity index (χ3n) is 6.33. The molecular formula is C25H45N3O4. The van der Waals surface area contributed by atoms with E-state index in [2.05, 4.69) is 17.1 Å². The molecule has 0 aliphatic carbocycles. The van der Waals surface area contributed by atoms with Crippen molar-refractivity contribution in [1.29, 1.82) is 0 Å². The molecule has 0 spiro atoms. The van der Waals surface area contributed by atoms with E-state index in [0.717, 1.165) is 19.4 Å². The Balaban J connectivity index is 3.12. The number of esters is 1. The van der Waals surface area contributed by atoms with E-state index in [0.29, 0.717) is 18.1 Å². The molecule has 2 amide bonds. The number of likely N-dealkylation sites (tertiary alicyclic amines) is 1. The lowest BCUT2D eigenvalue weighted by atomic mass is 9.84. The van der Waals surface area contributed by atoms with Crippen LogP contribution >= 0.6 is 0 Å². The maximum Gasteiger partial charge on any atom is 0.333 e. The van der Waals surface area contributed by atoms with Crippen LogP contribution < -0.4 is 5.32 Å². The maximum atomic E-state index is 13.6. The molecule has 0 aromatic heterocycles. The third-order valence-corrected chi connectivity index (χ3v) is 6.33. The number of ether oxygens (including phenoxy) is 1. The summed E-state index contributed by atoms with van der Waals surface area (Å²) < 4.78 is 5.09. The van der Waals surface area contributed by atoms with Gasteiger partial charge in [-0.1, -0.05) is 47.6 Å². The normalized spacial score (nSPS) is 22.3. The second-order valence-corrected chi connectivity index (χ2v) is 10.7. The molecule has 1 rings (SSSR count). The van der Waals surface area contributed by atoms with Crippen molar-refractivity contribution < 1.29 is 19.1 Å². The van der Waals surface area contributed by atoms with Gasteiger partial charge in [0.15, 0.2) is 0 Å². The van der Waals surface area contributed by atoms with Crippen molar-refractivity contribution in [2.45, 2.75) is 86.4 Å². The van der Waals surface area contributed by atoms with E-state index in [1.165, 1.54) is 0 Å².